The molecule has 0 saturated heterocycles. The number of hydrogen-bond acceptors (Lipinski definition) is 2. The molecule has 2 nitrogen and oxygen atoms in total. The Kier molecular flexibility index (Phi) is 13.6. The number of para-hydroxylation sites is 2. The molecule has 0 spiro atoms. The van der Waals surface area contributed by atoms with E-state index in [9.17, 15) is 0 Å². The molecule has 0 fully saturated rings. The van der Waals surface area contributed by atoms with Crippen molar-refractivity contribution >= 4 is 20.9 Å². The van der Waals surface area contributed by atoms with E-state index in [-0.39, 0.29) is 0 Å². The van der Waals surface area contributed by atoms with Crippen LogP contribution in [0.2, 0.25) is 0 Å². The minimum atomic E-state index is 0.480. The Morgan fingerprint density at radius 1 is 0.618 bits per heavy atom. The van der Waals surface area contributed by atoms with Gasteiger partial charge < -0.3 is 9.80 Å². The molecule has 0 amide bonds. The Labute approximate surface area is 225 Å². The number of nitrogens with zero attached hydrogens (tertiary/aromatic N) is 2. The molecule has 0 aliphatic carbocycles. The third-order valence-corrected chi connectivity index (χ3v) is 5.84. The first-order valence-corrected chi connectivity index (χ1v) is 14.6. The van der Waals surface area contributed by atoms with Crippen LogP contribution < -0.4 is 9.80 Å². The Balaban J connectivity index is 0.00000107. The zero-order chi connectivity index (χ0) is 26.0. The maximum atomic E-state index is 4.49. The average molecular weight is 576 g/mol. The monoisotopic (exact) mass is 574 g/mol. The van der Waals surface area contributed by atoms with Crippen LogP contribution in [-0.2, 0) is 18.2 Å². The van der Waals surface area contributed by atoms with E-state index in [1.54, 1.807) is 0 Å². The third kappa shape index (κ3) is 7.61. The van der Waals surface area contributed by atoms with E-state index >= 15 is 0 Å². The normalized spacial score (nSPS) is 13.0. The van der Waals surface area contributed by atoms with Crippen molar-refractivity contribution < 1.29 is 18.2 Å². The van der Waals surface area contributed by atoms with Crippen molar-refractivity contribution in [2.45, 2.75) is 99.3 Å². The van der Waals surface area contributed by atoms with Crippen LogP contribution >= 0.6 is 9.53 Å². The maximum absolute atomic E-state index is 4.49. The zero-order valence-electron chi connectivity index (χ0n) is 22.8. The molecule has 2 aromatic carbocycles. The van der Waals surface area contributed by atoms with Gasteiger partial charge in [-0.25, -0.2) is 0 Å². The number of anilines is 2. The van der Waals surface area contributed by atoms with Gasteiger partial charge in [0, 0.05) is 11.4 Å². The summed E-state index contributed by atoms with van der Waals surface area (Å²) in [6.07, 6.45) is 5.68. The van der Waals surface area contributed by atoms with Gasteiger partial charge in [-0.2, -0.15) is 0 Å². The molecular formula is C30H45ClN2Pd. The summed E-state index contributed by atoms with van der Waals surface area (Å²) in [6.45, 7) is 24.8. The van der Waals surface area contributed by atoms with Crippen LogP contribution in [0.1, 0.15) is 122 Å². The van der Waals surface area contributed by atoms with Gasteiger partial charge in [-0.15, -0.1) is 6.67 Å². The fraction of sp³-hybridized carbons (Fsp3) is 0.500. The topological polar surface area (TPSA) is 6.48 Å². The van der Waals surface area contributed by atoms with Gasteiger partial charge in [0.2, 0.25) is 0 Å². The van der Waals surface area contributed by atoms with Crippen LogP contribution in [0, 0.1) is 6.67 Å². The molecule has 4 heteroatoms. The third-order valence-electron chi connectivity index (χ3n) is 5.84. The van der Waals surface area contributed by atoms with E-state index < -0.39 is 0 Å². The summed E-state index contributed by atoms with van der Waals surface area (Å²) >= 11 is 2.22. The Bertz CT molecular complexity index is 779. The second-order valence-corrected chi connectivity index (χ2v) is 10.1. The molecule has 0 atom stereocenters. The molecule has 0 aromatic heterocycles. The van der Waals surface area contributed by atoms with E-state index in [2.05, 4.69) is 162 Å². The van der Waals surface area contributed by atoms with Gasteiger partial charge in [-0.3, -0.25) is 0 Å². The molecule has 192 valence electrons. The minimum absolute atomic E-state index is 0.480. The van der Waals surface area contributed by atoms with Gasteiger partial charge in [-0.05, 0) is 58.3 Å². The number of benzene rings is 2. The second kappa shape index (κ2) is 15.0. The van der Waals surface area contributed by atoms with Crippen LogP contribution in [0.3, 0.4) is 0 Å². The molecule has 34 heavy (non-hydrogen) atoms. The molecule has 1 heterocycles. The summed E-state index contributed by atoms with van der Waals surface area (Å²) < 4.78 is 0. The van der Waals surface area contributed by atoms with Crippen molar-refractivity contribution in [1.29, 1.82) is 0 Å². The number of halogens is 1. The Morgan fingerprint density at radius 2 is 0.853 bits per heavy atom. The predicted octanol–water partition coefficient (Wildman–Crippen LogP) is 10.2. The molecule has 2 aromatic rings. The summed E-state index contributed by atoms with van der Waals surface area (Å²) in [4.78, 5) is 4.65. The Hall–Kier alpha value is -1.27. The first-order valence-electron chi connectivity index (χ1n) is 12.6. The van der Waals surface area contributed by atoms with E-state index in [1.807, 2.05) is 0 Å². The van der Waals surface area contributed by atoms with Gasteiger partial charge >= 0.3 is 27.7 Å². The van der Waals surface area contributed by atoms with E-state index in [4.69, 9.17) is 0 Å². The molecule has 1 aliphatic heterocycles. The van der Waals surface area contributed by atoms with Crippen LogP contribution in [0.4, 0.5) is 11.4 Å². The first-order chi connectivity index (χ1) is 16.1. The summed E-state index contributed by atoms with van der Waals surface area (Å²) in [5.74, 6) is 1.92. The average Bonchev–Trinajstić information content (AvgIpc) is 3.29. The fourth-order valence-corrected chi connectivity index (χ4v) is 4.24. The van der Waals surface area contributed by atoms with Gasteiger partial charge in [0.05, 0.1) is 0 Å². The zero-order valence-corrected chi connectivity index (χ0v) is 25.1. The predicted molar refractivity (Wildman–Crippen MR) is 149 cm³/mol. The van der Waals surface area contributed by atoms with Crippen molar-refractivity contribution in [3.63, 3.8) is 0 Å². The van der Waals surface area contributed by atoms with Crippen LogP contribution in [-0.4, -0.2) is 0 Å². The molecule has 0 unspecified atom stereocenters. The van der Waals surface area contributed by atoms with Crippen molar-refractivity contribution in [3.8, 4) is 0 Å². The van der Waals surface area contributed by atoms with Crippen LogP contribution in [0.25, 0.3) is 0 Å². The summed E-state index contributed by atoms with van der Waals surface area (Å²) in [7, 11) is 4.49. The van der Waals surface area contributed by atoms with Gasteiger partial charge in [0.15, 0.2) is 0 Å². The van der Waals surface area contributed by atoms with Crippen LogP contribution in [0.15, 0.2) is 48.8 Å². The van der Waals surface area contributed by atoms with E-state index in [1.165, 1.54) is 40.0 Å². The van der Waals surface area contributed by atoms with Gasteiger partial charge in [0.25, 0.3) is 0 Å². The number of rotatable bonds is 6. The molecular weight excluding hydrogens is 530 g/mol. The quantitative estimate of drug-likeness (QED) is 0.250. The molecule has 0 bridgehead atoms. The Morgan fingerprint density at radius 3 is 1.06 bits per heavy atom. The fourth-order valence-electron chi connectivity index (χ4n) is 4.24. The molecule has 0 saturated carbocycles. The van der Waals surface area contributed by atoms with Crippen LogP contribution in [0.5, 0.6) is 0 Å². The molecule has 1 aliphatic rings. The second-order valence-electron chi connectivity index (χ2n) is 10.1. The summed E-state index contributed by atoms with van der Waals surface area (Å²) in [5.41, 5.74) is 8.29. The molecule has 0 radical (unpaired) electrons. The van der Waals surface area contributed by atoms with Crippen molar-refractivity contribution in [2.75, 3.05) is 9.80 Å². The van der Waals surface area contributed by atoms with Crippen molar-refractivity contribution in [3.05, 3.63) is 77.7 Å². The van der Waals surface area contributed by atoms with Crippen molar-refractivity contribution in [2.24, 2.45) is 0 Å². The number of hydrogen-bond donors (Lipinski definition) is 0. The first kappa shape index (κ1) is 30.8. The van der Waals surface area contributed by atoms with Gasteiger partial charge in [0.1, 0.15) is 0 Å². The van der Waals surface area contributed by atoms with Crippen molar-refractivity contribution in [1.82, 2.24) is 0 Å². The molecule has 0 N–H and O–H groups in total. The summed E-state index contributed by atoms with van der Waals surface area (Å²) in [6, 6.07) is 13.5. The molecule has 3 rings (SSSR count). The van der Waals surface area contributed by atoms with Gasteiger partial charge in [-0.1, -0.05) is 112 Å². The standard InChI is InChI=1S/C27H37N2.C3H8.ClH.Pd/c1-18(2)22-11-9-12-23(19(3)4)26(22)28-15-16-29(17-28)27-24(20(5)6)13-10-14-25(27)21(7)8;1-3-2;;/h9-21H,1-8H3;3H2,1-2H3;1H;/q-1;;;+2/p-1. The SMILES string of the molecule is CC(C)c1cccc(C(C)C)c1N1C=CN(c2c(C(C)C)cccc2C(C)C)[CH-]1.CCC.[Cl][Pd+]. The van der Waals surface area contributed by atoms with E-state index in [0.29, 0.717) is 23.7 Å². The summed E-state index contributed by atoms with van der Waals surface area (Å²) in [5, 5.41) is 0. The van der Waals surface area contributed by atoms with E-state index in [0.717, 1.165) is 0 Å².